The van der Waals surface area contributed by atoms with Crippen LogP contribution in [-0.4, -0.2) is 32.2 Å². The molecule has 4 rings (SSSR count). The Morgan fingerprint density at radius 2 is 2.17 bits per heavy atom. The standard InChI is InChI=1S/C17H20FN5O/c1-22-10-19-21-16(22)15-3-2-8-23(15)17(24)20-12-6-7-14(18)13(9-12)11-4-5-11/h6-7,9-11,15H,2-5,8H2,1H3,(H,20,24)/t15-/m0/s1. The quantitative estimate of drug-likeness (QED) is 0.940. The molecule has 24 heavy (non-hydrogen) atoms. The molecule has 1 aromatic carbocycles. The van der Waals surface area contributed by atoms with Crippen molar-refractivity contribution in [3.63, 3.8) is 0 Å². The van der Waals surface area contributed by atoms with E-state index in [0.717, 1.165) is 31.5 Å². The molecule has 1 saturated carbocycles. The number of aromatic nitrogens is 3. The summed E-state index contributed by atoms with van der Waals surface area (Å²) in [6, 6.07) is 4.58. The summed E-state index contributed by atoms with van der Waals surface area (Å²) in [6.07, 6.45) is 5.49. The summed E-state index contributed by atoms with van der Waals surface area (Å²) >= 11 is 0. The van der Waals surface area contributed by atoms with Crippen LogP contribution in [0.1, 0.15) is 49.0 Å². The molecule has 1 saturated heterocycles. The van der Waals surface area contributed by atoms with Crippen molar-refractivity contribution >= 4 is 11.7 Å². The second kappa shape index (κ2) is 5.89. The Hall–Kier alpha value is -2.44. The van der Waals surface area contributed by atoms with Gasteiger partial charge in [-0.25, -0.2) is 9.18 Å². The molecule has 0 radical (unpaired) electrons. The van der Waals surface area contributed by atoms with Gasteiger partial charge in [0.05, 0.1) is 6.04 Å². The van der Waals surface area contributed by atoms with Gasteiger partial charge in [0.15, 0.2) is 5.82 Å². The number of nitrogens with one attached hydrogen (secondary N) is 1. The van der Waals surface area contributed by atoms with Gasteiger partial charge in [-0.1, -0.05) is 0 Å². The summed E-state index contributed by atoms with van der Waals surface area (Å²) in [4.78, 5) is 14.5. The normalized spacial score (nSPS) is 20.4. The fraction of sp³-hybridized carbons (Fsp3) is 0.471. The van der Waals surface area contributed by atoms with Crippen LogP contribution in [0.4, 0.5) is 14.9 Å². The van der Waals surface area contributed by atoms with Gasteiger partial charge in [0.2, 0.25) is 0 Å². The maximum Gasteiger partial charge on any atom is 0.322 e. The van der Waals surface area contributed by atoms with E-state index in [4.69, 9.17) is 0 Å². The molecule has 0 bridgehead atoms. The third-order valence-corrected chi connectivity index (χ3v) is 4.82. The zero-order valence-electron chi connectivity index (χ0n) is 13.6. The van der Waals surface area contributed by atoms with Gasteiger partial charge in [-0.15, -0.1) is 10.2 Å². The lowest BCUT2D eigenvalue weighted by Gasteiger charge is -2.24. The second-order valence-electron chi connectivity index (χ2n) is 6.59. The minimum absolute atomic E-state index is 0.0687. The van der Waals surface area contributed by atoms with E-state index in [1.165, 1.54) is 6.07 Å². The summed E-state index contributed by atoms with van der Waals surface area (Å²) in [5.41, 5.74) is 1.35. The zero-order valence-corrected chi connectivity index (χ0v) is 13.6. The van der Waals surface area contributed by atoms with Gasteiger partial charge in [0.1, 0.15) is 12.1 Å². The minimum Gasteiger partial charge on any atom is -0.319 e. The molecule has 2 aliphatic rings. The highest BCUT2D eigenvalue weighted by Crippen LogP contribution is 2.42. The summed E-state index contributed by atoms with van der Waals surface area (Å²) < 4.78 is 15.7. The van der Waals surface area contributed by atoms with E-state index in [2.05, 4.69) is 15.5 Å². The molecule has 1 aliphatic heterocycles. The molecule has 6 nitrogen and oxygen atoms in total. The molecule has 126 valence electrons. The van der Waals surface area contributed by atoms with E-state index in [1.54, 1.807) is 23.4 Å². The predicted molar refractivity (Wildman–Crippen MR) is 87.1 cm³/mol. The summed E-state index contributed by atoms with van der Waals surface area (Å²) in [5, 5.41) is 10.9. The van der Waals surface area contributed by atoms with E-state index in [9.17, 15) is 9.18 Å². The van der Waals surface area contributed by atoms with E-state index in [-0.39, 0.29) is 17.9 Å². The van der Waals surface area contributed by atoms with Gasteiger partial charge in [-0.2, -0.15) is 0 Å². The number of nitrogens with zero attached hydrogens (tertiary/aromatic N) is 4. The SMILES string of the molecule is Cn1cnnc1[C@@H]1CCCN1C(=O)Nc1ccc(F)c(C2CC2)c1. The van der Waals surface area contributed by atoms with Crippen molar-refractivity contribution in [1.82, 2.24) is 19.7 Å². The Bertz CT molecular complexity index is 770. The van der Waals surface area contributed by atoms with E-state index >= 15 is 0 Å². The fourth-order valence-corrected chi connectivity index (χ4v) is 3.40. The average Bonchev–Trinajstić information content (AvgIpc) is 3.13. The Labute approximate surface area is 139 Å². The molecule has 2 fully saturated rings. The van der Waals surface area contributed by atoms with E-state index < -0.39 is 0 Å². The molecule has 1 aliphatic carbocycles. The molecule has 7 heteroatoms. The van der Waals surface area contributed by atoms with Crippen LogP contribution >= 0.6 is 0 Å². The zero-order chi connectivity index (χ0) is 16.7. The van der Waals surface area contributed by atoms with Crippen molar-refractivity contribution in [2.45, 2.75) is 37.6 Å². The minimum atomic E-state index is -0.186. The first-order valence-electron chi connectivity index (χ1n) is 8.34. The van der Waals surface area contributed by atoms with Crippen molar-refractivity contribution in [3.05, 3.63) is 41.7 Å². The summed E-state index contributed by atoms with van der Waals surface area (Å²) in [6.45, 7) is 0.681. The first-order chi connectivity index (χ1) is 11.6. The highest BCUT2D eigenvalue weighted by molar-refractivity contribution is 5.89. The number of aryl methyl sites for hydroxylation is 1. The maximum absolute atomic E-state index is 13.8. The molecule has 1 atom stereocenters. The fourth-order valence-electron chi connectivity index (χ4n) is 3.40. The number of amides is 2. The van der Waals surface area contributed by atoms with Crippen molar-refractivity contribution in [2.24, 2.45) is 7.05 Å². The summed E-state index contributed by atoms with van der Waals surface area (Å²) in [7, 11) is 1.88. The smallest absolute Gasteiger partial charge is 0.319 e. The first kappa shape index (κ1) is 15.1. The van der Waals surface area contributed by atoms with Crippen LogP contribution in [0, 0.1) is 5.82 Å². The number of urea groups is 1. The number of carbonyl (C=O) groups is 1. The lowest BCUT2D eigenvalue weighted by molar-refractivity contribution is 0.204. The average molecular weight is 329 g/mol. The Kier molecular flexibility index (Phi) is 3.70. The molecule has 0 unspecified atom stereocenters. The molecule has 0 spiro atoms. The number of benzene rings is 1. The number of hydrogen-bond acceptors (Lipinski definition) is 3. The van der Waals surface area contributed by atoms with Crippen molar-refractivity contribution in [3.8, 4) is 0 Å². The third kappa shape index (κ3) is 2.74. The van der Waals surface area contributed by atoms with Gasteiger partial charge in [0, 0.05) is 19.3 Å². The molecule has 2 amide bonds. The van der Waals surface area contributed by atoms with Gasteiger partial charge in [0.25, 0.3) is 0 Å². The van der Waals surface area contributed by atoms with Crippen molar-refractivity contribution in [2.75, 3.05) is 11.9 Å². The van der Waals surface area contributed by atoms with Crippen LogP contribution in [0.15, 0.2) is 24.5 Å². The number of anilines is 1. The van der Waals surface area contributed by atoms with E-state index in [0.29, 0.717) is 23.7 Å². The number of likely N-dealkylation sites (tertiary alicyclic amines) is 1. The Morgan fingerprint density at radius 3 is 2.88 bits per heavy atom. The number of rotatable bonds is 3. The first-order valence-corrected chi connectivity index (χ1v) is 8.34. The van der Waals surface area contributed by atoms with Crippen LogP contribution in [-0.2, 0) is 7.05 Å². The van der Waals surface area contributed by atoms with Gasteiger partial charge < -0.3 is 14.8 Å². The molecule has 1 aromatic heterocycles. The molecular weight excluding hydrogens is 309 g/mol. The Morgan fingerprint density at radius 1 is 1.33 bits per heavy atom. The lowest BCUT2D eigenvalue weighted by Crippen LogP contribution is -2.35. The van der Waals surface area contributed by atoms with Gasteiger partial charge in [-0.3, -0.25) is 0 Å². The monoisotopic (exact) mass is 329 g/mol. The van der Waals surface area contributed by atoms with Crippen molar-refractivity contribution < 1.29 is 9.18 Å². The molecule has 2 aromatic rings. The maximum atomic E-state index is 13.8. The van der Waals surface area contributed by atoms with Crippen molar-refractivity contribution in [1.29, 1.82) is 0 Å². The molecule has 2 heterocycles. The largest absolute Gasteiger partial charge is 0.322 e. The number of hydrogen-bond donors (Lipinski definition) is 1. The topological polar surface area (TPSA) is 63.1 Å². The third-order valence-electron chi connectivity index (χ3n) is 4.82. The Balaban J connectivity index is 1.51. The van der Waals surface area contributed by atoms with Crippen LogP contribution in [0.2, 0.25) is 0 Å². The van der Waals surface area contributed by atoms with E-state index in [1.807, 2.05) is 11.6 Å². The predicted octanol–water partition coefficient (Wildman–Crippen LogP) is 3.20. The van der Waals surface area contributed by atoms with Crippen LogP contribution in [0.5, 0.6) is 0 Å². The number of carbonyl (C=O) groups excluding carboxylic acids is 1. The highest BCUT2D eigenvalue weighted by atomic mass is 19.1. The number of halogens is 1. The lowest BCUT2D eigenvalue weighted by atomic mass is 10.1. The highest BCUT2D eigenvalue weighted by Gasteiger charge is 2.33. The van der Waals surface area contributed by atoms with Crippen LogP contribution in [0.25, 0.3) is 0 Å². The van der Waals surface area contributed by atoms with Gasteiger partial charge in [-0.05, 0) is 55.4 Å². The van der Waals surface area contributed by atoms with Crippen LogP contribution < -0.4 is 5.32 Å². The van der Waals surface area contributed by atoms with Crippen LogP contribution in [0.3, 0.4) is 0 Å². The van der Waals surface area contributed by atoms with Gasteiger partial charge >= 0.3 is 6.03 Å². The second-order valence-corrected chi connectivity index (χ2v) is 6.59. The molecular formula is C17H20FN5O. The molecule has 1 N–H and O–H groups in total. The summed E-state index contributed by atoms with van der Waals surface area (Å²) in [5.74, 6) is 0.911.